The lowest BCUT2D eigenvalue weighted by atomic mass is 9.93. The van der Waals surface area contributed by atoms with Gasteiger partial charge in [-0.15, -0.1) is 0 Å². The summed E-state index contributed by atoms with van der Waals surface area (Å²) >= 11 is 0. The van der Waals surface area contributed by atoms with Gasteiger partial charge in [-0.25, -0.2) is 0 Å². The second-order valence-electron chi connectivity index (χ2n) is 6.77. The topological polar surface area (TPSA) is 206 Å². The summed E-state index contributed by atoms with van der Waals surface area (Å²) in [5.74, 6) is -2.23. The van der Waals surface area contributed by atoms with Gasteiger partial charge in [-0.2, -0.15) is 0 Å². The van der Waals surface area contributed by atoms with Crippen molar-refractivity contribution >= 4 is 17.8 Å². The average molecular weight is 388 g/mol. The summed E-state index contributed by atoms with van der Waals surface area (Å²) in [6, 6.07) is 0.0565. The molecule has 0 heterocycles. The number of rotatable bonds is 16. The number of nitrogens with one attached hydrogen (secondary N) is 3. The molecule has 0 aromatic heterocycles. The van der Waals surface area contributed by atoms with Gasteiger partial charge in [0.25, 0.3) is 0 Å². The van der Waals surface area contributed by atoms with Crippen LogP contribution in [0.1, 0.15) is 51.4 Å². The van der Waals surface area contributed by atoms with Crippen LogP contribution in [-0.4, -0.2) is 54.7 Å². The van der Waals surface area contributed by atoms with E-state index < -0.39 is 17.9 Å². The van der Waals surface area contributed by atoms with E-state index in [0.29, 0.717) is 38.9 Å². The van der Waals surface area contributed by atoms with Gasteiger partial charge in [-0.05, 0) is 45.1 Å². The Kier molecular flexibility index (Phi) is 14.1. The number of guanidine groups is 1. The van der Waals surface area contributed by atoms with Gasteiger partial charge < -0.3 is 38.7 Å². The Bertz CT molecular complexity index is 448. The number of unbranched alkanes of at least 4 members (excludes halogenated alkanes) is 2. The molecule has 0 saturated heterocycles. The molecule has 0 aromatic rings. The predicted octanol–water partition coefficient (Wildman–Crippen LogP) is -1.55. The normalized spacial score (nSPS) is 14.2. The van der Waals surface area contributed by atoms with E-state index in [1.54, 1.807) is 0 Å². The lowest BCUT2D eigenvalue weighted by Crippen LogP contribution is -2.44. The van der Waals surface area contributed by atoms with Crippen molar-refractivity contribution < 1.29 is 14.7 Å². The van der Waals surface area contributed by atoms with E-state index in [0.717, 1.165) is 32.1 Å². The van der Waals surface area contributed by atoms with E-state index in [2.05, 4.69) is 10.6 Å². The molecule has 27 heavy (non-hydrogen) atoms. The number of primary amides is 1. The van der Waals surface area contributed by atoms with E-state index >= 15 is 0 Å². The summed E-state index contributed by atoms with van der Waals surface area (Å²) in [5.41, 5.74) is 21.7. The first-order chi connectivity index (χ1) is 12.8. The first-order valence-electron chi connectivity index (χ1n) is 9.58. The molecule has 0 aliphatic heterocycles. The zero-order chi connectivity index (χ0) is 20.7. The fourth-order valence-corrected chi connectivity index (χ4v) is 2.75. The van der Waals surface area contributed by atoms with Crippen LogP contribution in [-0.2, 0) is 9.59 Å². The Hall–Kier alpha value is -1.91. The highest BCUT2D eigenvalue weighted by Gasteiger charge is 2.30. The number of nitrogens with two attached hydrogens (primary N) is 4. The number of carbonyl (C=O) groups is 2. The van der Waals surface area contributed by atoms with Crippen molar-refractivity contribution in [3.05, 3.63) is 0 Å². The monoisotopic (exact) mass is 387 g/mol. The zero-order valence-corrected chi connectivity index (χ0v) is 16.1. The van der Waals surface area contributed by atoms with Gasteiger partial charge in [-0.3, -0.25) is 15.0 Å². The maximum Gasteiger partial charge on any atom is 0.247 e. The third-order valence-corrected chi connectivity index (χ3v) is 4.35. The molecule has 0 spiro atoms. The molecule has 10 heteroatoms. The number of aliphatic hydroxyl groups excluding tert-OH is 1. The first-order valence-corrected chi connectivity index (χ1v) is 9.58. The molecule has 0 radical (unpaired) electrons. The van der Waals surface area contributed by atoms with Crippen LogP contribution in [0, 0.1) is 11.3 Å². The van der Waals surface area contributed by atoms with E-state index in [1.165, 1.54) is 0 Å². The quantitative estimate of drug-likeness (QED) is 0.0887. The van der Waals surface area contributed by atoms with Crippen LogP contribution in [0.2, 0.25) is 0 Å². The molecule has 3 atom stereocenters. The van der Waals surface area contributed by atoms with E-state index in [-0.39, 0.29) is 17.9 Å². The SMILES string of the molecule is N=C(N)NCCCCCC(C(=O)NCCCC(N)CCCN)C(O)C(N)=O. The summed E-state index contributed by atoms with van der Waals surface area (Å²) in [5, 5.41) is 22.5. The standard InChI is InChI=1S/C17H37N7O3/c18-9-4-6-12(19)7-5-11-23-16(27)13(14(25)15(20)26)8-2-1-3-10-24-17(21)22/h12-14,25H,1-11,18-19H2,(H2,20,26)(H,23,27)(H4,21,22,24). The smallest absolute Gasteiger partial charge is 0.247 e. The molecule has 2 amide bonds. The van der Waals surface area contributed by atoms with Crippen molar-refractivity contribution in [3.63, 3.8) is 0 Å². The predicted molar refractivity (Wildman–Crippen MR) is 106 cm³/mol. The summed E-state index contributed by atoms with van der Waals surface area (Å²) in [4.78, 5) is 23.6. The maximum atomic E-state index is 12.3. The molecule has 3 unspecified atom stereocenters. The highest BCUT2D eigenvalue weighted by atomic mass is 16.3. The van der Waals surface area contributed by atoms with Crippen molar-refractivity contribution in [1.82, 2.24) is 10.6 Å². The molecule has 10 nitrogen and oxygen atoms in total. The van der Waals surface area contributed by atoms with Gasteiger partial charge in [0.05, 0.1) is 5.92 Å². The maximum absolute atomic E-state index is 12.3. The Morgan fingerprint density at radius 3 is 2.15 bits per heavy atom. The van der Waals surface area contributed by atoms with E-state index in [9.17, 15) is 14.7 Å². The van der Waals surface area contributed by atoms with Crippen LogP contribution < -0.4 is 33.6 Å². The van der Waals surface area contributed by atoms with Gasteiger partial charge in [0.1, 0.15) is 6.10 Å². The molecule has 0 fully saturated rings. The van der Waals surface area contributed by atoms with Gasteiger partial charge in [0.15, 0.2) is 5.96 Å². The number of hydrogen-bond acceptors (Lipinski definition) is 6. The molecular weight excluding hydrogens is 350 g/mol. The van der Waals surface area contributed by atoms with Crippen molar-refractivity contribution in [2.45, 2.75) is 63.5 Å². The molecule has 158 valence electrons. The molecule has 12 N–H and O–H groups in total. The average Bonchev–Trinajstić information content (AvgIpc) is 2.61. The van der Waals surface area contributed by atoms with Crippen LogP contribution >= 0.6 is 0 Å². The van der Waals surface area contributed by atoms with Crippen molar-refractivity contribution in [3.8, 4) is 0 Å². The van der Waals surface area contributed by atoms with Crippen molar-refractivity contribution in [1.29, 1.82) is 5.41 Å². The largest absolute Gasteiger partial charge is 0.382 e. The Morgan fingerprint density at radius 2 is 1.56 bits per heavy atom. The second-order valence-corrected chi connectivity index (χ2v) is 6.77. The van der Waals surface area contributed by atoms with Crippen LogP contribution in [0.3, 0.4) is 0 Å². The Balaban J connectivity index is 4.23. The van der Waals surface area contributed by atoms with E-state index in [4.69, 9.17) is 28.3 Å². The number of aliphatic hydroxyl groups is 1. The molecular formula is C17H37N7O3. The molecule has 0 aromatic carbocycles. The highest BCUT2D eigenvalue weighted by Crippen LogP contribution is 2.15. The van der Waals surface area contributed by atoms with Gasteiger partial charge in [0, 0.05) is 19.1 Å². The lowest BCUT2D eigenvalue weighted by Gasteiger charge is -2.20. The van der Waals surface area contributed by atoms with Crippen molar-refractivity contribution in [2.75, 3.05) is 19.6 Å². The third kappa shape index (κ3) is 13.0. The number of amides is 2. The summed E-state index contributed by atoms with van der Waals surface area (Å²) in [7, 11) is 0. The fraction of sp³-hybridized carbons (Fsp3) is 0.824. The lowest BCUT2D eigenvalue weighted by molar-refractivity contribution is -0.138. The highest BCUT2D eigenvalue weighted by molar-refractivity contribution is 5.88. The van der Waals surface area contributed by atoms with Gasteiger partial charge in [0.2, 0.25) is 11.8 Å². The first kappa shape index (κ1) is 25.1. The van der Waals surface area contributed by atoms with Crippen molar-refractivity contribution in [2.24, 2.45) is 28.9 Å². The second kappa shape index (κ2) is 15.2. The summed E-state index contributed by atoms with van der Waals surface area (Å²) in [6.45, 7) is 1.61. The third-order valence-electron chi connectivity index (χ3n) is 4.35. The number of hydrogen-bond donors (Lipinski definition) is 8. The molecule has 0 aliphatic rings. The molecule has 0 bridgehead atoms. The van der Waals surface area contributed by atoms with E-state index in [1.807, 2.05) is 0 Å². The summed E-state index contributed by atoms with van der Waals surface area (Å²) < 4.78 is 0. The fourth-order valence-electron chi connectivity index (χ4n) is 2.75. The minimum Gasteiger partial charge on any atom is -0.382 e. The minimum absolute atomic E-state index is 0.0565. The Labute approximate surface area is 161 Å². The van der Waals surface area contributed by atoms with Crippen LogP contribution in [0.5, 0.6) is 0 Å². The van der Waals surface area contributed by atoms with Gasteiger partial charge >= 0.3 is 0 Å². The van der Waals surface area contributed by atoms with Crippen LogP contribution in [0.4, 0.5) is 0 Å². The van der Waals surface area contributed by atoms with Crippen LogP contribution in [0.15, 0.2) is 0 Å². The number of carbonyl (C=O) groups excluding carboxylic acids is 2. The Morgan fingerprint density at radius 1 is 0.926 bits per heavy atom. The molecule has 0 aliphatic carbocycles. The molecule has 0 saturated carbocycles. The summed E-state index contributed by atoms with van der Waals surface area (Å²) in [6.07, 6.45) is 4.24. The van der Waals surface area contributed by atoms with Gasteiger partial charge in [-0.1, -0.05) is 12.8 Å². The zero-order valence-electron chi connectivity index (χ0n) is 16.1. The minimum atomic E-state index is -1.51. The van der Waals surface area contributed by atoms with Crippen LogP contribution in [0.25, 0.3) is 0 Å². The molecule has 0 rings (SSSR count).